The van der Waals surface area contributed by atoms with Gasteiger partial charge in [-0.1, -0.05) is 6.08 Å². The Labute approximate surface area is 60.4 Å². The number of nitrogens with zero attached hydrogens (tertiary/aromatic N) is 2. The van der Waals surface area contributed by atoms with E-state index in [0.29, 0.717) is 0 Å². The SMILES string of the molecule is C=CCNc1nccn1C. The van der Waals surface area contributed by atoms with Crippen LogP contribution in [0.5, 0.6) is 0 Å². The van der Waals surface area contributed by atoms with E-state index >= 15 is 0 Å². The van der Waals surface area contributed by atoms with Crippen molar-refractivity contribution in [2.75, 3.05) is 11.9 Å². The highest BCUT2D eigenvalue weighted by molar-refractivity contribution is 5.25. The van der Waals surface area contributed by atoms with Gasteiger partial charge in [0.15, 0.2) is 0 Å². The van der Waals surface area contributed by atoms with E-state index in [1.54, 1.807) is 12.3 Å². The van der Waals surface area contributed by atoms with Gasteiger partial charge >= 0.3 is 0 Å². The molecule has 1 N–H and O–H groups in total. The molecule has 0 spiro atoms. The van der Waals surface area contributed by atoms with Gasteiger partial charge in [-0.3, -0.25) is 0 Å². The number of hydrogen-bond acceptors (Lipinski definition) is 2. The molecule has 1 aromatic rings. The Morgan fingerprint density at radius 3 is 3.20 bits per heavy atom. The summed E-state index contributed by atoms with van der Waals surface area (Å²) < 4.78 is 1.92. The lowest BCUT2D eigenvalue weighted by molar-refractivity contribution is 0.913. The lowest BCUT2D eigenvalue weighted by Crippen LogP contribution is -2.03. The summed E-state index contributed by atoms with van der Waals surface area (Å²) in [6.45, 7) is 4.35. The highest BCUT2D eigenvalue weighted by Gasteiger charge is 1.92. The molecule has 0 fully saturated rings. The average molecular weight is 137 g/mol. The second-order valence-electron chi connectivity index (χ2n) is 2.03. The Bertz CT molecular complexity index is 214. The number of hydrogen-bond donors (Lipinski definition) is 1. The van der Waals surface area contributed by atoms with E-state index in [1.807, 2.05) is 17.8 Å². The minimum atomic E-state index is 0.755. The molecule has 1 aromatic heterocycles. The topological polar surface area (TPSA) is 29.9 Å². The fourth-order valence-electron chi connectivity index (χ4n) is 0.699. The maximum atomic E-state index is 4.06. The third-order valence-corrected chi connectivity index (χ3v) is 1.23. The Balaban J connectivity index is 2.56. The van der Waals surface area contributed by atoms with E-state index in [4.69, 9.17) is 0 Å². The van der Waals surface area contributed by atoms with Crippen LogP contribution in [0.25, 0.3) is 0 Å². The summed E-state index contributed by atoms with van der Waals surface area (Å²) >= 11 is 0. The maximum Gasteiger partial charge on any atom is 0.202 e. The van der Waals surface area contributed by atoms with Crippen LogP contribution in [-0.4, -0.2) is 16.1 Å². The van der Waals surface area contributed by atoms with Crippen molar-refractivity contribution in [3.05, 3.63) is 25.0 Å². The minimum absolute atomic E-state index is 0.755. The van der Waals surface area contributed by atoms with Crippen LogP contribution >= 0.6 is 0 Å². The van der Waals surface area contributed by atoms with Gasteiger partial charge in [0.1, 0.15) is 0 Å². The van der Waals surface area contributed by atoms with Crippen molar-refractivity contribution in [2.45, 2.75) is 0 Å². The van der Waals surface area contributed by atoms with Crippen LogP contribution in [0.4, 0.5) is 5.95 Å². The van der Waals surface area contributed by atoms with Crippen LogP contribution in [-0.2, 0) is 7.05 Å². The number of nitrogens with one attached hydrogen (secondary N) is 1. The minimum Gasteiger partial charge on any atom is -0.352 e. The summed E-state index contributed by atoms with van der Waals surface area (Å²) in [7, 11) is 1.94. The van der Waals surface area contributed by atoms with E-state index in [0.717, 1.165) is 12.5 Å². The summed E-state index contributed by atoms with van der Waals surface area (Å²) in [5.41, 5.74) is 0. The van der Waals surface area contributed by atoms with Crippen LogP contribution in [0.15, 0.2) is 25.0 Å². The molecular formula is C7H11N3. The number of rotatable bonds is 3. The molecule has 3 heteroatoms. The zero-order chi connectivity index (χ0) is 7.40. The van der Waals surface area contributed by atoms with Gasteiger partial charge in [0.2, 0.25) is 5.95 Å². The van der Waals surface area contributed by atoms with E-state index in [1.165, 1.54) is 0 Å². The molecule has 0 amide bonds. The van der Waals surface area contributed by atoms with Crippen molar-refractivity contribution in [3.8, 4) is 0 Å². The molecule has 1 heterocycles. The van der Waals surface area contributed by atoms with Crippen LogP contribution in [0.2, 0.25) is 0 Å². The Kier molecular flexibility index (Phi) is 2.10. The summed E-state index contributed by atoms with van der Waals surface area (Å²) in [6.07, 6.45) is 5.45. The van der Waals surface area contributed by atoms with E-state index in [9.17, 15) is 0 Å². The smallest absolute Gasteiger partial charge is 0.202 e. The summed E-state index contributed by atoms with van der Waals surface area (Å²) in [6, 6.07) is 0. The fraction of sp³-hybridized carbons (Fsp3) is 0.286. The number of imidazole rings is 1. The van der Waals surface area contributed by atoms with Gasteiger partial charge in [-0.25, -0.2) is 4.98 Å². The maximum absolute atomic E-state index is 4.06. The predicted molar refractivity (Wildman–Crippen MR) is 41.9 cm³/mol. The third kappa shape index (κ3) is 1.37. The summed E-state index contributed by atoms with van der Waals surface area (Å²) in [5.74, 6) is 0.875. The molecule has 1 rings (SSSR count). The molecule has 0 bridgehead atoms. The van der Waals surface area contributed by atoms with Gasteiger partial charge in [-0.05, 0) is 0 Å². The molecule has 3 nitrogen and oxygen atoms in total. The molecule has 0 saturated heterocycles. The first kappa shape index (κ1) is 6.86. The van der Waals surface area contributed by atoms with Crippen LogP contribution in [0, 0.1) is 0 Å². The second-order valence-corrected chi connectivity index (χ2v) is 2.03. The Morgan fingerprint density at radius 1 is 1.90 bits per heavy atom. The standard InChI is InChI=1S/C7H11N3/c1-3-4-8-7-9-5-6-10(7)2/h3,5-6H,1,4H2,2H3,(H,8,9). The molecule has 10 heavy (non-hydrogen) atoms. The van der Waals surface area contributed by atoms with Crippen molar-refractivity contribution < 1.29 is 0 Å². The van der Waals surface area contributed by atoms with Gasteiger partial charge < -0.3 is 9.88 Å². The lowest BCUT2D eigenvalue weighted by Gasteiger charge is -2.00. The predicted octanol–water partition coefficient (Wildman–Crippen LogP) is 1.02. The van der Waals surface area contributed by atoms with Crippen molar-refractivity contribution in [2.24, 2.45) is 7.05 Å². The van der Waals surface area contributed by atoms with Gasteiger partial charge in [-0.2, -0.15) is 0 Å². The molecule has 0 radical (unpaired) electrons. The molecule has 54 valence electrons. The molecule has 0 atom stereocenters. The van der Waals surface area contributed by atoms with Crippen LogP contribution in [0.3, 0.4) is 0 Å². The second kappa shape index (κ2) is 3.06. The van der Waals surface area contributed by atoms with Crippen LogP contribution < -0.4 is 5.32 Å². The van der Waals surface area contributed by atoms with Crippen molar-refractivity contribution in [1.29, 1.82) is 0 Å². The molecule has 0 aliphatic carbocycles. The Morgan fingerprint density at radius 2 is 2.70 bits per heavy atom. The molecular weight excluding hydrogens is 126 g/mol. The van der Waals surface area contributed by atoms with Gasteiger partial charge in [-0.15, -0.1) is 6.58 Å². The van der Waals surface area contributed by atoms with E-state index in [-0.39, 0.29) is 0 Å². The largest absolute Gasteiger partial charge is 0.352 e. The number of anilines is 1. The Hall–Kier alpha value is -1.25. The normalized spacial score (nSPS) is 9.30. The average Bonchev–Trinajstić information content (AvgIpc) is 2.31. The molecule has 0 aromatic carbocycles. The number of aryl methyl sites for hydroxylation is 1. The molecule has 0 aliphatic rings. The molecule has 0 aliphatic heterocycles. The number of aromatic nitrogens is 2. The first-order valence-corrected chi connectivity index (χ1v) is 3.16. The highest BCUT2D eigenvalue weighted by atomic mass is 15.2. The first-order valence-electron chi connectivity index (χ1n) is 3.16. The van der Waals surface area contributed by atoms with Crippen LogP contribution in [0.1, 0.15) is 0 Å². The van der Waals surface area contributed by atoms with E-state index < -0.39 is 0 Å². The van der Waals surface area contributed by atoms with Crippen molar-refractivity contribution in [3.63, 3.8) is 0 Å². The van der Waals surface area contributed by atoms with Crippen molar-refractivity contribution >= 4 is 5.95 Å². The van der Waals surface area contributed by atoms with Crippen molar-refractivity contribution in [1.82, 2.24) is 9.55 Å². The fourth-order valence-corrected chi connectivity index (χ4v) is 0.699. The van der Waals surface area contributed by atoms with Gasteiger partial charge in [0.25, 0.3) is 0 Å². The third-order valence-electron chi connectivity index (χ3n) is 1.23. The molecule has 0 saturated carbocycles. The van der Waals surface area contributed by atoms with Gasteiger partial charge in [0.05, 0.1) is 0 Å². The molecule has 0 unspecified atom stereocenters. The highest BCUT2D eigenvalue weighted by Crippen LogP contribution is 1.98. The monoisotopic (exact) mass is 137 g/mol. The summed E-state index contributed by atoms with van der Waals surface area (Å²) in [5, 5.41) is 3.08. The first-order chi connectivity index (χ1) is 4.84. The summed E-state index contributed by atoms with van der Waals surface area (Å²) in [4.78, 5) is 4.06. The quantitative estimate of drug-likeness (QED) is 0.630. The van der Waals surface area contributed by atoms with E-state index in [2.05, 4.69) is 16.9 Å². The zero-order valence-electron chi connectivity index (χ0n) is 6.04. The lowest BCUT2D eigenvalue weighted by atomic mass is 10.6. The zero-order valence-corrected chi connectivity index (χ0v) is 6.04. The van der Waals surface area contributed by atoms with Gasteiger partial charge in [0, 0.05) is 26.0 Å².